The number of aromatic nitrogens is 1. The number of benzene rings is 1. The van der Waals surface area contributed by atoms with Crippen LogP contribution in [0.2, 0.25) is 0 Å². The van der Waals surface area contributed by atoms with Gasteiger partial charge in [-0.3, -0.25) is 0 Å². The van der Waals surface area contributed by atoms with E-state index in [2.05, 4.69) is 10.3 Å². The predicted octanol–water partition coefficient (Wildman–Crippen LogP) is 2.68. The minimum Gasteiger partial charge on any atom is -0.496 e. The van der Waals surface area contributed by atoms with Gasteiger partial charge in [0.25, 0.3) is 0 Å². The summed E-state index contributed by atoms with van der Waals surface area (Å²) in [6.07, 6.45) is 1.75. The molecule has 0 aliphatic rings. The number of thiazole rings is 1. The molecule has 0 saturated heterocycles. The molecule has 0 radical (unpaired) electrons. The van der Waals surface area contributed by atoms with Crippen molar-refractivity contribution in [3.05, 3.63) is 35.1 Å². The maximum atomic E-state index is 13.8. The Morgan fingerprint density at radius 1 is 1.47 bits per heavy atom. The van der Waals surface area contributed by atoms with E-state index in [0.717, 1.165) is 11.4 Å². The van der Waals surface area contributed by atoms with Gasteiger partial charge in [0.1, 0.15) is 16.6 Å². The molecule has 2 aromatic rings. The minimum absolute atomic E-state index is 0.310. The molecule has 3 nitrogen and oxygen atoms in total. The molecular formula is C12H13FN2OS. The average molecular weight is 252 g/mol. The standard InChI is InChI=1S/C12H13FN2OS/c1-14-6-8-7-15-12(17-8)11-9(13)4-3-5-10(11)16-2/h3-5,7,14H,6H2,1-2H3. The van der Waals surface area contributed by atoms with Gasteiger partial charge in [-0.1, -0.05) is 6.07 Å². The van der Waals surface area contributed by atoms with Gasteiger partial charge in [0, 0.05) is 17.6 Å². The molecule has 0 fully saturated rings. The van der Waals surface area contributed by atoms with Gasteiger partial charge < -0.3 is 10.1 Å². The Labute approximate surface area is 103 Å². The Balaban J connectivity index is 2.44. The fourth-order valence-electron chi connectivity index (χ4n) is 1.56. The molecule has 0 bridgehead atoms. The average Bonchev–Trinajstić information content (AvgIpc) is 2.77. The number of rotatable bonds is 4. The maximum Gasteiger partial charge on any atom is 0.137 e. The highest BCUT2D eigenvalue weighted by Crippen LogP contribution is 2.34. The summed E-state index contributed by atoms with van der Waals surface area (Å²) in [6.45, 7) is 0.731. The van der Waals surface area contributed by atoms with Crippen molar-refractivity contribution in [3.63, 3.8) is 0 Å². The molecule has 1 heterocycles. The van der Waals surface area contributed by atoms with Crippen molar-refractivity contribution < 1.29 is 9.13 Å². The van der Waals surface area contributed by atoms with Crippen LogP contribution in [0.25, 0.3) is 10.6 Å². The highest BCUT2D eigenvalue weighted by molar-refractivity contribution is 7.15. The Hall–Kier alpha value is -1.46. The molecule has 2 rings (SSSR count). The number of ether oxygens (including phenoxy) is 1. The summed E-state index contributed by atoms with van der Waals surface area (Å²) < 4.78 is 18.9. The summed E-state index contributed by atoms with van der Waals surface area (Å²) in [5, 5.41) is 3.68. The van der Waals surface area contributed by atoms with Gasteiger partial charge in [0.2, 0.25) is 0 Å². The van der Waals surface area contributed by atoms with Crippen molar-refractivity contribution in [1.29, 1.82) is 0 Å². The summed E-state index contributed by atoms with van der Waals surface area (Å²) >= 11 is 1.46. The quantitative estimate of drug-likeness (QED) is 0.908. The van der Waals surface area contributed by atoms with Crippen LogP contribution in [0.1, 0.15) is 4.88 Å². The van der Waals surface area contributed by atoms with E-state index < -0.39 is 0 Å². The second kappa shape index (κ2) is 5.25. The number of hydrogen-bond donors (Lipinski definition) is 1. The molecule has 0 atom stereocenters. The topological polar surface area (TPSA) is 34.2 Å². The first-order valence-electron chi connectivity index (χ1n) is 5.18. The SMILES string of the molecule is CNCc1cnc(-c2c(F)cccc2OC)s1. The molecule has 0 spiro atoms. The fraction of sp³-hybridized carbons (Fsp3) is 0.250. The first-order chi connectivity index (χ1) is 8.26. The van der Waals surface area contributed by atoms with Crippen LogP contribution in [0.15, 0.2) is 24.4 Å². The van der Waals surface area contributed by atoms with Gasteiger partial charge in [-0.15, -0.1) is 11.3 Å². The van der Waals surface area contributed by atoms with E-state index in [1.165, 1.54) is 24.5 Å². The molecule has 1 N–H and O–H groups in total. The molecule has 0 unspecified atom stereocenters. The van der Waals surface area contributed by atoms with Crippen molar-refractivity contribution in [3.8, 4) is 16.3 Å². The number of nitrogens with one attached hydrogen (secondary N) is 1. The van der Waals surface area contributed by atoms with Crippen LogP contribution in [-0.4, -0.2) is 19.1 Å². The molecular weight excluding hydrogens is 239 g/mol. The lowest BCUT2D eigenvalue weighted by Crippen LogP contribution is -2.02. The largest absolute Gasteiger partial charge is 0.496 e. The van der Waals surface area contributed by atoms with Crippen LogP contribution in [0, 0.1) is 5.82 Å². The third-order valence-corrected chi connectivity index (χ3v) is 3.33. The van der Waals surface area contributed by atoms with Gasteiger partial charge in [0.05, 0.1) is 12.7 Å². The minimum atomic E-state index is -0.310. The molecule has 0 aliphatic carbocycles. The Bertz CT molecular complexity index is 513. The lowest BCUT2D eigenvalue weighted by molar-refractivity contribution is 0.413. The second-order valence-corrected chi connectivity index (χ2v) is 4.59. The number of hydrogen-bond acceptors (Lipinski definition) is 4. The zero-order chi connectivity index (χ0) is 12.3. The van der Waals surface area contributed by atoms with E-state index in [1.807, 2.05) is 7.05 Å². The number of halogens is 1. The van der Waals surface area contributed by atoms with Crippen LogP contribution in [0.4, 0.5) is 4.39 Å². The first-order valence-corrected chi connectivity index (χ1v) is 6.00. The number of nitrogens with zero attached hydrogens (tertiary/aromatic N) is 1. The molecule has 90 valence electrons. The molecule has 1 aromatic carbocycles. The van der Waals surface area contributed by atoms with Crippen molar-refractivity contribution in [2.75, 3.05) is 14.2 Å². The maximum absolute atomic E-state index is 13.8. The monoisotopic (exact) mass is 252 g/mol. The van der Waals surface area contributed by atoms with Gasteiger partial charge in [-0.25, -0.2) is 9.37 Å². The second-order valence-electron chi connectivity index (χ2n) is 3.48. The summed E-state index contributed by atoms with van der Waals surface area (Å²) in [4.78, 5) is 5.30. The van der Waals surface area contributed by atoms with E-state index in [9.17, 15) is 4.39 Å². The molecule has 5 heteroatoms. The summed E-state index contributed by atoms with van der Waals surface area (Å²) in [7, 11) is 3.39. The molecule has 17 heavy (non-hydrogen) atoms. The van der Waals surface area contributed by atoms with Crippen LogP contribution in [0.5, 0.6) is 5.75 Å². The van der Waals surface area contributed by atoms with Gasteiger partial charge in [0.15, 0.2) is 0 Å². The Morgan fingerprint density at radius 3 is 3.00 bits per heavy atom. The zero-order valence-corrected chi connectivity index (χ0v) is 10.5. The lowest BCUT2D eigenvalue weighted by Gasteiger charge is -2.06. The third-order valence-electron chi connectivity index (χ3n) is 2.31. The summed E-state index contributed by atoms with van der Waals surface area (Å²) in [5.74, 6) is 0.199. The van der Waals surface area contributed by atoms with Crippen molar-refractivity contribution in [2.45, 2.75) is 6.54 Å². The van der Waals surface area contributed by atoms with E-state index in [1.54, 1.807) is 18.3 Å². The molecule has 1 aromatic heterocycles. The predicted molar refractivity (Wildman–Crippen MR) is 66.8 cm³/mol. The Kier molecular flexibility index (Phi) is 3.71. The summed E-state index contributed by atoms with van der Waals surface area (Å²) in [6, 6.07) is 4.77. The van der Waals surface area contributed by atoms with E-state index in [0.29, 0.717) is 16.3 Å². The zero-order valence-electron chi connectivity index (χ0n) is 9.66. The highest BCUT2D eigenvalue weighted by atomic mass is 32.1. The molecule has 0 amide bonds. The highest BCUT2D eigenvalue weighted by Gasteiger charge is 2.14. The van der Waals surface area contributed by atoms with E-state index in [4.69, 9.17) is 4.74 Å². The number of methoxy groups -OCH3 is 1. The van der Waals surface area contributed by atoms with Gasteiger partial charge in [-0.2, -0.15) is 0 Å². The normalized spacial score (nSPS) is 10.5. The van der Waals surface area contributed by atoms with Crippen LogP contribution in [0.3, 0.4) is 0 Å². The Morgan fingerprint density at radius 2 is 2.29 bits per heavy atom. The van der Waals surface area contributed by atoms with E-state index in [-0.39, 0.29) is 5.82 Å². The first kappa shape index (κ1) is 12.0. The fourth-order valence-corrected chi connectivity index (χ4v) is 2.54. The van der Waals surface area contributed by atoms with E-state index >= 15 is 0 Å². The van der Waals surface area contributed by atoms with Crippen molar-refractivity contribution in [1.82, 2.24) is 10.3 Å². The van der Waals surface area contributed by atoms with Crippen LogP contribution in [-0.2, 0) is 6.54 Å². The molecule has 0 aliphatic heterocycles. The van der Waals surface area contributed by atoms with Crippen LogP contribution >= 0.6 is 11.3 Å². The van der Waals surface area contributed by atoms with Crippen molar-refractivity contribution >= 4 is 11.3 Å². The third kappa shape index (κ3) is 2.45. The van der Waals surface area contributed by atoms with Crippen molar-refractivity contribution in [2.24, 2.45) is 0 Å². The van der Waals surface area contributed by atoms with Gasteiger partial charge in [-0.05, 0) is 19.2 Å². The summed E-state index contributed by atoms with van der Waals surface area (Å²) in [5.41, 5.74) is 0.433. The smallest absolute Gasteiger partial charge is 0.137 e. The molecule has 0 saturated carbocycles. The van der Waals surface area contributed by atoms with Crippen LogP contribution < -0.4 is 10.1 Å². The lowest BCUT2D eigenvalue weighted by atomic mass is 10.2. The van der Waals surface area contributed by atoms with Gasteiger partial charge >= 0.3 is 0 Å².